The van der Waals surface area contributed by atoms with Crippen LogP contribution in [0.15, 0.2) is 35.5 Å². The van der Waals surface area contributed by atoms with Crippen LogP contribution in [0.5, 0.6) is 28.7 Å². The molecule has 1 heterocycles. The maximum Gasteiger partial charge on any atom is 0.203 e. The van der Waals surface area contributed by atoms with E-state index in [1.54, 1.807) is 47.3 Å². The van der Waals surface area contributed by atoms with Gasteiger partial charge in [0.25, 0.3) is 0 Å². The maximum absolute atomic E-state index is 5.66. The van der Waals surface area contributed by atoms with Crippen LogP contribution >= 0.6 is 11.8 Å². The molecule has 30 heavy (non-hydrogen) atoms. The Bertz CT molecular complexity index is 994. The summed E-state index contributed by atoms with van der Waals surface area (Å²) in [5.41, 5.74) is 3.23. The summed E-state index contributed by atoms with van der Waals surface area (Å²) in [6.07, 6.45) is 0. The normalized spacial score (nSPS) is 10.6. The number of nitrogens with zero attached hydrogens (tertiary/aromatic N) is 1. The Kier molecular flexibility index (Phi) is 6.99. The molecule has 0 unspecified atom stereocenters. The molecule has 0 atom stereocenters. The van der Waals surface area contributed by atoms with Gasteiger partial charge in [-0.25, -0.2) is 4.98 Å². The largest absolute Gasteiger partial charge is 0.493 e. The monoisotopic (exact) mass is 430 g/mol. The zero-order valence-electron chi connectivity index (χ0n) is 18.0. The highest BCUT2D eigenvalue weighted by molar-refractivity contribution is 7.99. The zero-order valence-corrected chi connectivity index (χ0v) is 18.8. The SMILES string of the molecule is CCSc1nc(-c2cc(OC)c(OC)c(OC)c2)c(-c2cccc(OC)c2OC)[nH]1. The molecule has 1 N–H and O–H groups in total. The summed E-state index contributed by atoms with van der Waals surface area (Å²) in [6.45, 7) is 2.08. The molecule has 0 spiro atoms. The molecule has 3 rings (SSSR count). The molecule has 0 radical (unpaired) electrons. The predicted octanol–water partition coefficient (Wildman–Crippen LogP) is 4.90. The van der Waals surface area contributed by atoms with Crippen LogP contribution in [0.25, 0.3) is 22.5 Å². The van der Waals surface area contributed by atoms with Gasteiger partial charge in [-0.2, -0.15) is 0 Å². The minimum Gasteiger partial charge on any atom is -0.493 e. The molecule has 0 fully saturated rings. The second-order valence-corrected chi connectivity index (χ2v) is 7.41. The third kappa shape index (κ3) is 4.00. The Morgan fingerprint density at radius 1 is 0.833 bits per heavy atom. The number of ether oxygens (including phenoxy) is 5. The number of aromatic amines is 1. The average Bonchev–Trinajstić information content (AvgIpc) is 3.21. The standard InChI is InChI=1S/C22H26N2O5S/c1-7-30-22-23-18(13-11-16(26-3)21(29-6)17(12-13)27-4)19(24-22)14-9-8-10-15(25-2)20(14)28-5/h8-12H,7H2,1-6H3,(H,23,24). The number of H-pyrrole nitrogens is 1. The van der Waals surface area contributed by atoms with Gasteiger partial charge < -0.3 is 28.7 Å². The second-order valence-electron chi connectivity index (χ2n) is 6.15. The van der Waals surface area contributed by atoms with Gasteiger partial charge in [-0.1, -0.05) is 24.8 Å². The first-order chi connectivity index (χ1) is 14.6. The van der Waals surface area contributed by atoms with Crippen molar-refractivity contribution in [2.24, 2.45) is 0 Å². The molecule has 7 nitrogen and oxygen atoms in total. The Morgan fingerprint density at radius 3 is 2.00 bits per heavy atom. The summed E-state index contributed by atoms with van der Waals surface area (Å²) < 4.78 is 27.7. The van der Waals surface area contributed by atoms with Crippen molar-refractivity contribution in [3.63, 3.8) is 0 Å². The van der Waals surface area contributed by atoms with Gasteiger partial charge in [0.05, 0.1) is 46.9 Å². The number of hydrogen-bond acceptors (Lipinski definition) is 7. The topological polar surface area (TPSA) is 74.8 Å². The number of para-hydroxylation sites is 1. The van der Waals surface area contributed by atoms with Gasteiger partial charge in [-0.05, 0) is 30.0 Å². The Morgan fingerprint density at radius 2 is 1.47 bits per heavy atom. The molecule has 0 saturated heterocycles. The average molecular weight is 431 g/mol. The lowest BCUT2D eigenvalue weighted by Crippen LogP contribution is -1.97. The number of aromatic nitrogens is 2. The summed E-state index contributed by atoms with van der Waals surface area (Å²) >= 11 is 1.62. The van der Waals surface area contributed by atoms with Crippen LogP contribution in [0.1, 0.15) is 6.92 Å². The van der Waals surface area contributed by atoms with E-state index in [1.165, 1.54) is 0 Å². The number of nitrogens with one attached hydrogen (secondary N) is 1. The van der Waals surface area contributed by atoms with Crippen molar-refractivity contribution >= 4 is 11.8 Å². The van der Waals surface area contributed by atoms with Crippen LogP contribution in [0, 0.1) is 0 Å². The number of methoxy groups -OCH3 is 5. The van der Waals surface area contributed by atoms with Crippen molar-refractivity contribution in [1.29, 1.82) is 0 Å². The number of rotatable bonds is 9. The zero-order chi connectivity index (χ0) is 21.7. The summed E-state index contributed by atoms with van der Waals surface area (Å²) in [5.74, 6) is 3.81. The quantitative estimate of drug-likeness (QED) is 0.484. The molecule has 2 aromatic carbocycles. The lowest BCUT2D eigenvalue weighted by Gasteiger charge is -2.15. The molecule has 0 aliphatic carbocycles. The summed E-state index contributed by atoms with van der Waals surface area (Å²) in [5, 5.41) is 0.807. The molecule has 160 valence electrons. The number of hydrogen-bond donors (Lipinski definition) is 1. The Balaban J connectivity index is 2.28. The van der Waals surface area contributed by atoms with E-state index in [0.717, 1.165) is 33.4 Å². The third-order valence-corrected chi connectivity index (χ3v) is 5.33. The first-order valence-electron chi connectivity index (χ1n) is 9.36. The highest BCUT2D eigenvalue weighted by Crippen LogP contribution is 2.45. The second kappa shape index (κ2) is 9.67. The molecule has 0 saturated carbocycles. The van der Waals surface area contributed by atoms with Crippen LogP contribution in [-0.4, -0.2) is 51.3 Å². The molecular formula is C22H26N2O5S. The molecule has 0 aliphatic heterocycles. The van der Waals surface area contributed by atoms with Crippen LogP contribution < -0.4 is 23.7 Å². The highest BCUT2D eigenvalue weighted by atomic mass is 32.2. The third-order valence-electron chi connectivity index (χ3n) is 4.57. The molecule has 0 bridgehead atoms. The Labute approximate surface area is 180 Å². The summed E-state index contributed by atoms with van der Waals surface area (Å²) in [4.78, 5) is 8.27. The summed E-state index contributed by atoms with van der Waals surface area (Å²) in [6, 6.07) is 9.52. The lowest BCUT2D eigenvalue weighted by atomic mass is 10.0. The van der Waals surface area contributed by atoms with E-state index >= 15 is 0 Å². The number of thioether (sulfide) groups is 1. The van der Waals surface area contributed by atoms with E-state index in [0.29, 0.717) is 28.7 Å². The van der Waals surface area contributed by atoms with E-state index in [1.807, 2.05) is 30.3 Å². The van der Waals surface area contributed by atoms with Crippen molar-refractivity contribution in [2.45, 2.75) is 12.1 Å². The van der Waals surface area contributed by atoms with Gasteiger partial charge >= 0.3 is 0 Å². The minimum atomic E-state index is 0.531. The van der Waals surface area contributed by atoms with Gasteiger partial charge in [0, 0.05) is 11.1 Å². The lowest BCUT2D eigenvalue weighted by molar-refractivity contribution is 0.324. The van der Waals surface area contributed by atoms with Gasteiger partial charge in [0.15, 0.2) is 28.2 Å². The van der Waals surface area contributed by atoms with Gasteiger partial charge in [0.2, 0.25) is 5.75 Å². The molecule has 0 amide bonds. The first-order valence-corrected chi connectivity index (χ1v) is 10.3. The fraction of sp³-hybridized carbons (Fsp3) is 0.318. The van der Waals surface area contributed by atoms with E-state index in [9.17, 15) is 0 Å². The smallest absolute Gasteiger partial charge is 0.203 e. The van der Waals surface area contributed by atoms with E-state index < -0.39 is 0 Å². The minimum absolute atomic E-state index is 0.531. The maximum atomic E-state index is 5.66. The summed E-state index contributed by atoms with van der Waals surface area (Å²) in [7, 11) is 8.01. The fourth-order valence-electron chi connectivity index (χ4n) is 3.26. The van der Waals surface area contributed by atoms with Crippen molar-refractivity contribution < 1.29 is 23.7 Å². The van der Waals surface area contributed by atoms with Gasteiger partial charge in [0.1, 0.15) is 0 Å². The molecule has 1 aromatic heterocycles. The molecule has 8 heteroatoms. The van der Waals surface area contributed by atoms with Crippen LogP contribution in [0.4, 0.5) is 0 Å². The van der Waals surface area contributed by atoms with Crippen LogP contribution in [0.3, 0.4) is 0 Å². The van der Waals surface area contributed by atoms with E-state index in [-0.39, 0.29) is 0 Å². The molecule has 0 aliphatic rings. The molecular weight excluding hydrogens is 404 g/mol. The van der Waals surface area contributed by atoms with Gasteiger partial charge in [-0.15, -0.1) is 0 Å². The van der Waals surface area contributed by atoms with Crippen LogP contribution in [-0.2, 0) is 0 Å². The van der Waals surface area contributed by atoms with E-state index in [2.05, 4.69) is 11.9 Å². The van der Waals surface area contributed by atoms with Crippen molar-refractivity contribution in [3.05, 3.63) is 30.3 Å². The van der Waals surface area contributed by atoms with Gasteiger partial charge in [-0.3, -0.25) is 0 Å². The molecule has 3 aromatic rings. The fourth-order valence-corrected chi connectivity index (χ4v) is 3.87. The van der Waals surface area contributed by atoms with E-state index in [4.69, 9.17) is 28.7 Å². The Hall–Kier alpha value is -3.00. The highest BCUT2D eigenvalue weighted by Gasteiger charge is 2.22. The van der Waals surface area contributed by atoms with Crippen molar-refractivity contribution in [1.82, 2.24) is 9.97 Å². The first kappa shape index (κ1) is 21.7. The predicted molar refractivity (Wildman–Crippen MR) is 119 cm³/mol. The van der Waals surface area contributed by atoms with Crippen molar-refractivity contribution in [3.8, 4) is 51.3 Å². The number of benzene rings is 2. The van der Waals surface area contributed by atoms with Crippen molar-refractivity contribution in [2.75, 3.05) is 41.3 Å². The number of imidazole rings is 1. The van der Waals surface area contributed by atoms with Crippen LogP contribution in [0.2, 0.25) is 0 Å².